The quantitative estimate of drug-likeness (QED) is 0.630. The molecule has 0 heterocycles. The van der Waals surface area contributed by atoms with Gasteiger partial charge in [0.05, 0.1) is 11.6 Å². The third-order valence-corrected chi connectivity index (χ3v) is 2.97. The zero-order valence-electron chi connectivity index (χ0n) is 10.8. The number of nitrogens with zero attached hydrogens (tertiary/aromatic N) is 2. The summed E-state index contributed by atoms with van der Waals surface area (Å²) in [4.78, 5) is 23.2. The Kier molecular flexibility index (Phi) is 4.45. The van der Waals surface area contributed by atoms with Gasteiger partial charge in [0.2, 0.25) is 0 Å². The minimum absolute atomic E-state index is 0.456. The fourth-order valence-corrected chi connectivity index (χ4v) is 1.89. The summed E-state index contributed by atoms with van der Waals surface area (Å²) in [6.45, 7) is 0. The van der Waals surface area contributed by atoms with Crippen LogP contribution in [0.2, 0.25) is 0 Å². The van der Waals surface area contributed by atoms with Gasteiger partial charge < -0.3 is 5.32 Å². The number of carbonyl (C=O) groups excluding carboxylic acids is 2. The average Bonchev–Trinajstić information content (AvgIpc) is 2.98. The first kappa shape index (κ1) is 13.7. The van der Waals surface area contributed by atoms with Gasteiger partial charge in [0.25, 0.3) is 0 Å². The fraction of sp³-hybridized carbons (Fsp3) is 0.286. The monoisotopic (exact) mass is 270 g/mol. The lowest BCUT2D eigenvalue weighted by molar-refractivity contribution is -0.136. The number of benzene rings is 1. The van der Waals surface area contributed by atoms with Gasteiger partial charge in [-0.2, -0.15) is 10.4 Å². The van der Waals surface area contributed by atoms with E-state index in [1.807, 2.05) is 6.07 Å². The van der Waals surface area contributed by atoms with Crippen LogP contribution in [0, 0.1) is 11.3 Å². The molecule has 1 aliphatic rings. The number of carbonyl (C=O) groups is 2. The average molecular weight is 270 g/mol. The van der Waals surface area contributed by atoms with Crippen LogP contribution in [-0.2, 0) is 9.59 Å². The molecule has 0 radical (unpaired) electrons. The molecule has 0 aromatic heterocycles. The zero-order chi connectivity index (χ0) is 14.4. The summed E-state index contributed by atoms with van der Waals surface area (Å²) in [5.74, 6) is -1.58. The van der Waals surface area contributed by atoms with Crippen LogP contribution in [0.25, 0.3) is 0 Å². The fourth-order valence-electron chi connectivity index (χ4n) is 1.89. The van der Waals surface area contributed by atoms with Crippen molar-refractivity contribution in [2.45, 2.75) is 25.7 Å². The van der Waals surface area contributed by atoms with E-state index in [1.54, 1.807) is 24.3 Å². The van der Waals surface area contributed by atoms with Gasteiger partial charge in [-0.05, 0) is 49.9 Å². The maximum absolute atomic E-state index is 11.6. The summed E-state index contributed by atoms with van der Waals surface area (Å²) in [5, 5.41) is 15.0. The van der Waals surface area contributed by atoms with Crippen molar-refractivity contribution in [1.82, 2.24) is 5.43 Å². The third kappa shape index (κ3) is 3.65. The van der Waals surface area contributed by atoms with Crippen molar-refractivity contribution in [3.63, 3.8) is 0 Å². The van der Waals surface area contributed by atoms with Crippen molar-refractivity contribution in [3.05, 3.63) is 29.8 Å². The highest BCUT2D eigenvalue weighted by Gasteiger charge is 2.14. The van der Waals surface area contributed by atoms with Gasteiger partial charge in [-0.3, -0.25) is 9.59 Å². The van der Waals surface area contributed by atoms with Crippen molar-refractivity contribution in [2.24, 2.45) is 5.10 Å². The van der Waals surface area contributed by atoms with E-state index in [9.17, 15) is 9.59 Å². The number of hydrazone groups is 1. The smallest absolute Gasteiger partial charge is 0.318 e. The maximum atomic E-state index is 11.6. The molecule has 2 rings (SSSR count). The number of rotatable bonds is 2. The molecule has 0 saturated heterocycles. The highest BCUT2D eigenvalue weighted by molar-refractivity contribution is 6.39. The number of nitrogens with one attached hydrogen (secondary N) is 2. The van der Waals surface area contributed by atoms with Crippen LogP contribution < -0.4 is 10.7 Å². The first-order chi connectivity index (χ1) is 9.69. The lowest BCUT2D eigenvalue weighted by Gasteiger charge is -2.04. The van der Waals surface area contributed by atoms with Crippen LogP contribution in [0.3, 0.4) is 0 Å². The van der Waals surface area contributed by atoms with E-state index in [2.05, 4.69) is 15.8 Å². The van der Waals surface area contributed by atoms with E-state index in [0.717, 1.165) is 31.4 Å². The summed E-state index contributed by atoms with van der Waals surface area (Å²) in [7, 11) is 0. The molecule has 0 spiro atoms. The second kappa shape index (κ2) is 6.48. The van der Waals surface area contributed by atoms with E-state index >= 15 is 0 Å². The number of anilines is 1. The van der Waals surface area contributed by atoms with Crippen molar-refractivity contribution >= 4 is 23.2 Å². The Bertz CT molecular complexity index is 576. The predicted molar refractivity (Wildman–Crippen MR) is 73.8 cm³/mol. The Labute approximate surface area is 116 Å². The predicted octanol–water partition coefficient (Wildman–Crippen LogP) is 1.54. The highest BCUT2D eigenvalue weighted by Crippen LogP contribution is 2.13. The summed E-state index contributed by atoms with van der Waals surface area (Å²) in [6.07, 6.45) is 3.90. The SMILES string of the molecule is N#Cc1ccc(NC(=O)C(=O)NN=C2CCCC2)cc1. The lowest BCUT2D eigenvalue weighted by Crippen LogP contribution is -2.32. The standard InChI is InChI=1S/C14H14N4O2/c15-9-10-5-7-11(8-6-10)16-13(19)14(20)18-17-12-3-1-2-4-12/h5-8H,1-4H2,(H,16,19)(H,18,20). The zero-order valence-corrected chi connectivity index (χ0v) is 10.8. The molecule has 6 heteroatoms. The molecule has 0 unspecified atom stereocenters. The largest absolute Gasteiger partial charge is 0.329 e. The van der Waals surface area contributed by atoms with E-state index in [1.165, 1.54) is 0 Å². The Balaban J connectivity index is 1.88. The van der Waals surface area contributed by atoms with Crippen LogP contribution in [0.15, 0.2) is 29.4 Å². The molecular formula is C14H14N4O2. The van der Waals surface area contributed by atoms with Gasteiger partial charge in [0.1, 0.15) is 0 Å². The van der Waals surface area contributed by atoms with Crippen molar-refractivity contribution in [3.8, 4) is 6.07 Å². The van der Waals surface area contributed by atoms with Crippen LogP contribution >= 0.6 is 0 Å². The second-order valence-electron chi connectivity index (χ2n) is 4.47. The molecule has 1 saturated carbocycles. The van der Waals surface area contributed by atoms with E-state index in [0.29, 0.717) is 11.3 Å². The first-order valence-electron chi connectivity index (χ1n) is 6.36. The van der Waals surface area contributed by atoms with Crippen LogP contribution in [-0.4, -0.2) is 17.5 Å². The molecule has 1 aromatic carbocycles. The van der Waals surface area contributed by atoms with Crippen LogP contribution in [0.4, 0.5) is 5.69 Å². The molecule has 1 aromatic rings. The van der Waals surface area contributed by atoms with Crippen molar-refractivity contribution in [2.75, 3.05) is 5.32 Å². The van der Waals surface area contributed by atoms with Gasteiger partial charge in [0.15, 0.2) is 0 Å². The summed E-state index contributed by atoms with van der Waals surface area (Å²) >= 11 is 0. The molecule has 1 fully saturated rings. The Morgan fingerprint density at radius 1 is 1.10 bits per heavy atom. The van der Waals surface area contributed by atoms with Crippen molar-refractivity contribution in [1.29, 1.82) is 5.26 Å². The molecule has 2 N–H and O–H groups in total. The number of nitriles is 1. The molecule has 1 aliphatic carbocycles. The highest BCUT2D eigenvalue weighted by atomic mass is 16.2. The molecule has 2 amide bonds. The minimum Gasteiger partial charge on any atom is -0.318 e. The third-order valence-electron chi connectivity index (χ3n) is 2.97. The van der Waals surface area contributed by atoms with E-state index < -0.39 is 11.8 Å². The second-order valence-corrected chi connectivity index (χ2v) is 4.47. The molecule has 102 valence electrons. The van der Waals surface area contributed by atoms with Crippen LogP contribution in [0.5, 0.6) is 0 Å². The molecule has 0 atom stereocenters. The van der Waals surface area contributed by atoms with Gasteiger partial charge in [-0.15, -0.1) is 0 Å². The lowest BCUT2D eigenvalue weighted by atomic mass is 10.2. The van der Waals surface area contributed by atoms with E-state index in [4.69, 9.17) is 5.26 Å². The topological polar surface area (TPSA) is 94.4 Å². The Morgan fingerprint density at radius 3 is 2.35 bits per heavy atom. The molecular weight excluding hydrogens is 256 g/mol. The van der Waals surface area contributed by atoms with Crippen molar-refractivity contribution < 1.29 is 9.59 Å². The summed E-state index contributed by atoms with van der Waals surface area (Å²) in [6, 6.07) is 8.22. The Morgan fingerprint density at radius 2 is 1.75 bits per heavy atom. The summed E-state index contributed by atoms with van der Waals surface area (Å²) in [5.41, 5.74) is 4.12. The Hall–Kier alpha value is -2.68. The van der Waals surface area contributed by atoms with E-state index in [-0.39, 0.29) is 0 Å². The van der Waals surface area contributed by atoms with Gasteiger partial charge >= 0.3 is 11.8 Å². The maximum Gasteiger partial charge on any atom is 0.329 e. The molecule has 0 bridgehead atoms. The molecule has 0 aliphatic heterocycles. The normalized spacial score (nSPS) is 13.4. The van der Waals surface area contributed by atoms with Crippen LogP contribution in [0.1, 0.15) is 31.2 Å². The molecule has 20 heavy (non-hydrogen) atoms. The number of amides is 2. The molecule has 6 nitrogen and oxygen atoms in total. The summed E-state index contributed by atoms with van der Waals surface area (Å²) < 4.78 is 0. The van der Waals surface area contributed by atoms with Gasteiger partial charge in [0, 0.05) is 11.4 Å². The van der Waals surface area contributed by atoms with Gasteiger partial charge in [-0.25, -0.2) is 5.43 Å². The first-order valence-corrected chi connectivity index (χ1v) is 6.36. The minimum atomic E-state index is -0.797. The van der Waals surface area contributed by atoms with Gasteiger partial charge in [-0.1, -0.05) is 0 Å². The number of hydrogen-bond acceptors (Lipinski definition) is 4. The number of hydrogen-bond donors (Lipinski definition) is 2.